The van der Waals surface area contributed by atoms with Crippen LogP contribution in [0.15, 0.2) is 41.0 Å². The average Bonchev–Trinajstić information content (AvgIpc) is 3.22. The number of benzene rings is 2. The van der Waals surface area contributed by atoms with Crippen molar-refractivity contribution in [2.75, 3.05) is 0 Å². The van der Waals surface area contributed by atoms with E-state index < -0.39 is 17.7 Å². The molecule has 1 aliphatic carbocycles. The third-order valence-corrected chi connectivity index (χ3v) is 5.04. The summed E-state index contributed by atoms with van der Waals surface area (Å²) in [6.07, 6.45) is 5.10. The normalized spacial score (nSPS) is 14.4. The standard InChI is InChI=1S/C21H19F2NO2/c1-12(13-5-6-18(22)19(23)8-13)24-21(25)10-16-11-26-20-9-15-4-2-3-14(15)7-17(16)20/h5-9,11-12H,2-4,10H2,1H3,(H,24,25). The third-order valence-electron chi connectivity index (χ3n) is 5.04. The van der Waals surface area contributed by atoms with E-state index in [-0.39, 0.29) is 12.3 Å². The number of carbonyl (C=O) groups is 1. The Labute approximate surface area is 150 Å². The molecule has 0 radical (unpaired) electrons. The van der Waals surface area contributed by atoms with Gasteiger partial charge in [-0.3, -0.25) is 4.79 Å². The number of carbonyl (C=O) groups excluding carboxylic acids is 1. The second-order valence-electron chi connectivity index (χ2n) is 6.87. The Bertz CT molecular complexity index is 993. The lowest BCUT2D eigenvalue weighted by Gasteiger charge is -2.14. The summed E-state index contributed by atoms with van der Waals surface area (Å²) in [5, 5.41) is 3.80. The van der Waals surface area contributed by atoms with Gasteiger partial charge < -0.3 is 9.73 Å². The van der Waals surface area contributed by atoms with Gasteiger partial charge in [-0.2, -0.15) is 0 Å². The number of fused-ring (bicyclic) bond motifs is 2. The quantitative estimate of drug-likeness (QED) is 0.742. The second kappa shape index (κ2) is 6.56. The van der Waals surface area contributed by atoms with E-state index in [9.17, 15) is 13.6 Å². The van der Waals surface area contributed by atoms with Crippen LogP contribution in [0, 0.1) is 11.6 Å². The molecule has 1 heterocycles. The van der Waals surface area contributed by atoms with Gasteiger partial charge in [0.25, 0.3) is 0 Å². The lowest BCUT2D eigenvalue weighted by Crippen LogP contribution is -2.28. The summed E-state index contributed by atoms with van der Waals surface area (Å²) in [6, 6.07) is 7.43. The Kier molecular flexibility index (Phi) is 4.23. The van der Waals surface area contributed by atoms with E-state index in [1.165, 1.54) is 17.2 Å². The summed E-state index contributed by atoms with van der Waals surface area (Å²) in [5.41, 5.74) is 4.82. The molecule has 0 saturated carbocycles. The monoisotopic (exact) mass is 355 g/mol. The first-order chi connectivity index (χ1) is 12.5. The molecule has 1 atom stereocenters. The fraction of sp³-hybridized carbons (Fsp3) is 0.286. The van der Waals surface area contributed by atoms with Gasteiger partial charge in [0.15, 0.2) is 11.6 Å². The van der Waals surface area contributed by atoms with Crippen molar-refractivity contribution in [2.45, 2.75) is 38.6 Å². The smallest absolute Gasteiger partial charge is 0.225 e. The molecule has 26 heavy (non-hydrogen) atoms. The number of hydrogen-bond donors (Lipinski definition) is 1. The van der Waals surface area contributed by atoms with E-state index in [1.807, 2.05) is 0 Å². The number of nitrogens with one attached hydrogen (secondary N) is 1. The summed E-state index contributed by atoms with van der Waals surface area (Å²) >= 11 is 0. The highest BCUT2D eigenvalue weighted by Crippen LogP contribution is 2.30. The van der Waals surface area contributed by atoms with Crippen molar-refractivity contribution in [1.82, 2.24) is 5.32 Å². The van der Waals surface area contributed by atoms with E-state index >= 15 is 0 Å². The molecule has 0 saturated heterocycles. The molecule has 5 heteroatoms. The largest absolute Gasteiger partial charge is 0.464 e. The molecule has 1 unspecified atom stereocenters. The Balaban J connectivity index is 1.49. The van der Waals surface area contributed by atoms with Crippen molar-refractivity contribution in [3.63, 3.8) is 0 Å². The summed E-state index contributed by atoms with van der Waals surface area (Å²) in [7, 11) is 0. The highest BCUT2D eigenvalue weighted by atomic mass is 19.2. The van der Waals surface area contributed by atoms with Gasteiger partial charge >= 0.3 is 0 Å². The van der Waals surface area contributed by atoms with Crippen LogP contribution in [0.5, 0.6) is 0 Å². The van der Waals surface area contributed by atoms with Crippen LogP contribution in [0.1, 0.15) is 41.6 Å². The lowest BCUT2D eigenvalue weighted by atomic mass is 10.0. The number of halogens is 2. The van der Waals surface area contributed by atoms with Crippen LogP contribution >= 0.6 is 0 Å². The van der Waals surface area contributed by atoms with Crippen LogP contribution < -0.4 is 5.32 Å². The van der Waals surface area contributed by atoms with Gasteiger partial charge in [-0.25, -0.2) is 8.78 Å². The van der Waals surface area contributed by atoms with E-state index in [0.717, 1.165) is 47.9 Å². The molecule has 1 aliphatic rings. The molecule has 3 aromatic rings. The van der Waals surface area contributed by atoms with Gasteiger partial charge in [-0.1, -0.05) is 6.07 Å². The van der Waals surface area contributed by atoms with E-state index in [2.05, 4.69) is 17.4 Å². The zero-order valence-electron chi connectivity index (χ0n) is 14.4. The van der Waals surface area contributed by atoms with Gasteiger partial charge in [0.1, 0.15) is 5.58 Å². The number of rotatable bonds is 4. The van der Waals surface area contributed by atoms with Gasteiger partial charge in [-0.05, 0) is 67.1 Å². The fourth-order valence-corrected chi connectivity index (χ4v) is 3.62. The van der Waals surface area contributed by atoms with E-state index in [4.69, 9.17) is 4.42 Å². The lowest BCUT2D eigenvalue weighted by molar-refractivity contribution is -0.121. The first-order valence-corrected chi connectivity index (χ1v) is 8.77. The molecule has 134 valence electrons. The minimum Gasteiger partial charge on any atom is -0.464 e. The molecule has 2 aromatic carbocycles. The SMILES string of the molecule is CC(NC(=O)Cc1coc2cc3c(cc12)CCC3)c1ccc(F)c(F)c1. The van der Waals surface area contributed by atoms with Gasteiger partial charge in [0.05, 0.1) is 18.7 Å². The van der Waals surface area contributed by atoms with Crippen molar-refractivity contribution in [3.8, 4) is 0 Å². The van der Waals surface area contributed by atoms with Crippen LogP contribution in [-0.2, 0) is 24.1 Å². The Morgan fingerprint density at radius 2 is 1.92 bits per heavy atom. The minimum absolute atomic E-state index is 0.180. The maximum atomic E-state index is 13.4. The topological polar surface area (TPSA) is 42.2 Å². The van der Waals surface area contributed by atoms with Crippen molar-refractivity contribution >= 4 is 16.9 Å². The molecule has 4 rings (SSSR count). The van der Waals surface area contributed by atoms with Gasteiger partial charge in [0.2, 0.25) is 5.91 Å². The number of furan rings is 1. The molecule has 0 aliphatic heterocycles. The molecule has 0 bridgehead atoms. The average molecular weight is 355 g/mol. The van der Waals surface area contributed by atoms with Crippen LogP contribution in [0.25, 0.3) is 11.0 Å². The number of amides is 1. The Morgan fingerprint density at radius 3 is 2.69 bits per heavy atom. The van der Waals surface area contributed by atoms with E-state index in [0.29, 0.717) is 5.56 Å². The summed E-state index contributed by atoms with van der Waals surface area (Å²) in [6.45, 7) is 1.74. The van der Waals surface area contributed by atoms with Crippen molar-refractivity contribution in [2.24, 2.45) is 0 Å². The van der Waals surface area contributed by atoms with Crippen molar-refractivity contribution in [1.29, 1.82) is 0 Å². The zero-order chi connectivity index (χ0) is 18.3. The van der Waals surface area contributed by atoms with E-state index in [1.54, 1.807) is 13.2 Å². The maximum Gasteiger partial charge on any atom is 0.225 e. The van der Waals surface area contributed by atoms with Crippen LogP contribution in [0.4, 0.5) is 8.78 Å². The Morgan fingerprint density at radius 1 is 1.15 bits per heavy atom. The summed E-state index contributed by atoms with van der Waals surface area (Å²) in [4.78, 5) is 12.4. The first-order valence-electron chi connectivity index (χ1n) is 8.77. The first kappa shape index (κ1) is 16.8. The molecular weight excluding hydrogens is 336 g/mol. The summed E-state index contributed by atoms with van der Waals surface area (Å²) < 4.78 is 32.0. The molecule has 0 fully saturated rings. The van der Waals surface area contributed by atoms with Crippen molar-refractivity contribution < 1.29 is 18.0 Å². The molecular formula is C21H19F2NO2. The molecule has 1 aromatic heterocycles. The highest BCUT2D eigenvalue weighted by molar-refractivity contribution is 5.88. The highest BCUT2D eigenvalue weighted by Gasteiger charge is 2.18. The molecule has 0 spiro atoms. The molecule has 3 nitrogen and oxygen atoms in total. The predicted octanol–water partition coefficient (Wildman–Crippen LogP) is 4.62. The van der Waals surface area contributed by atoms with Crippen LogP contribution in [0.3, 0.4) is 0 Å². The number of aryl methyl sites for hydroxylation is 2. The predicted molar refractivity (Wildman–Crippen MR) is 94.9 cm³/mol. The van der Waals surface area contributed by atoms with Crippen LogP contribution in [0.2, 0.25) is 0 Å². The maximum absolute atomic E-state index is 13.4. The number of hydrogen-bond acceptors (Lipinski definition) is 2. The fourth-order valence-electron chi connectivity index (χ4n) is 3.62. The molecule has 1 N–H and O–H groups in total. The van der Waals surface area contributed by atoms with Crippen molar-refractivity contribution in [3.05, 3.63) is 70.5 Å². The third kappa shape index (κ3) is 3.09. The zero-order valence-corrected chi connectivity index (χ0v) is 14.4. The molecule has 1 amide bonds. The Hall–Kier alpha value is -2.69. The summed E-state index contributed by atoms with van der Waals surface area (Å²) in [5.74, 6) is -2.01. The van der Waals surface area contributed by atoms with Crippen LogP contribution in [-0.4, -0.2) is 5.91 Å². The van der Waals surface area contributed by atoms with Gasteiger partial charge in [0, 0.05) is 10.9 Å². The minimum atomic E-state index is -0.918. The second-order valence-corrected chi connectivity index (χ2v) is 6.87. The van der Waals surface area contributed by atoms with Gasteiger partial charge in [-0.15, -0.1) is 0 Å².